The number of hydrogen-bond donors (Lipinski definition) is 2. The number of fused-ring (bicyclic) bond motifs is 1. The van der Waals surface area contributed by atoms with Crippen molar-refractivity contribution in [2.24, 2.45) is 5.73 Å². The zero-order valence-corrected chi connectivity index (χ0v) is 7.89. The topological polar surface area (TPSA) is 41.8 Å². The number of nitrogens with one attached hydrogen (secondary N) is 1. The van der Waals surface area contributed by atoms with Gasteiger partial charge in [-0.25, -0.2) is 4.39 Å². The van der Waals surface area contributed by atoms with E-state index in [0.717, 1.165) is 23.9 Å². The maximum Gasteiger partial charge on any atom is 0.132 e. The molecule has 0 atom stereocenters. The number of halogens is 1. The summed E-state index contributed by atoms with van der Waals surface area (Å²) in [6.07, 6.45) is 3.59. The number of aromatic amines is 1. The van der Waals surface area contributed by atoms with Crippen molar-refractivity contribution in [3.8, 4) is 0 Å². The quantitative estimate of drug-likeness (QED) is 0.769. The molecule has 0 radical (unpaired) electrons. The highest BCUT2D eigenvalue weighted by Gasteiger charge is 2.05. The third-order valence-electron chi connectivity index (χ3n) is 2.41. The van der Waals surface area contributed by atoms with Crippen LogP contribution in [0.5, 0.6) is 0 Å². The van der Waals surface area contributed by atoms with E-state index in [-0.39, 0.29) is 5.82 Å². The van der Waals surface area contributed by atoms with Gasteiger partial charge in [-0.2, -0.15) is 0 Å². The average Bonchev–Trinajstić information content (AvgIpc) is 2.66. The van der Waals surface area contributed by atoms with Crippen molar-refractivity contribution in [3.63, 3.8) is 0 Å². The fourth-order valence-electron chi connectivity index (χ4n) is 1.68. The molecule has 0 saturated heterocycles. The van der Waals surface area contributed by atoms with Gasteiger partial charge in [-0.3, -0.25) is 0 Å². The second-order valence-corrected chi connectivity index (χ2v) is 3.37. The first-order valence-corrected chi connectivity index (χ1v) is 4.77. The Bertz CT molecular complexity index is 434. The number of H-pyrrole nitrogens is 1. The van der Waals surface area contributed by atoms with Crippen molar-refractivity contribution in [2.75, 3.05) is 6.54 Å². The van der Waals surface area contributed by atoms with Crippen LogP contribution < -0.4 is 5.73 Å². The fraction of sp³-hybridized carbons (Fsp3) is 0.273. The van der Waals surface area contributed by atoms with E-state index in [0.29, 0.717) is 11.9 Å². The van der Waals surface area contributed by atoms with Crippen LogP contribution in [0.15, 0.2) is 24.4 Å². The van der Waals surface area contributed by atoms with Gasteiger partial charge in [-0.15, -0.1) is 0 Å². The van der Waals surface area contributed by atoms with Gasteiger partial charge in [-0.05, 0) is 37.1 Å². The Morgan fingerprint density at radius 1 is 1.29 bits per heavy atom. The molecular weight excluding hydrogens is 179 g/mol. The van der Waals surface area contributed by atoms with Gasteiger partial charge in [0.25, 0.3) is 0 Å². The van der Waals surface area contributed by atoms with Crippen molar-refractivity contribution in [2.45, 2.75) is 12.8 Å². The highest BCUT2D eigenvalue weighted by molar-refractivity contribution is 5.83. The minimum absolute atomic E-state index is 0.169. The zero-order chi connectivity index (χ0) is 9.97. The summed E-state index contributed by atoms with van der Waals surface area (Å²) in [6.45, 7) is 0.666. The van der Waals surface area contributed by atoms with Gasteiger partial charge in [0.15, 0.2) is 0 Å². The first-order valence-electron chi connectivity index (χ1n) is 4.77. The first kappa shape index (κ1) is 9.21. The lowest BCUT2D eigenvalue weighted by atomic mass is 10.1. The second kappa shape index (κ2) is 3.80. The lowest BCUT2D eigenvalue weighted by Crippen LogP contribution is -2.00. The number of benzene rings is 1. The molecule has 3 heteroatoms. The first-order chi connectivity index (χ1) is 6.83. The summed E-state index contributed by atoms with van der Waals surface area (Å²) in [5.74, 6) is -0.169. The molecular formula is C11H13FN2. The molecule has 0 bridgehead atoms. The van der Waals surface area contributed by atoms with Crippen LogP contribution in [0.25, 0.3) is 10.9 Å². The van der Waals surface area contributed by atoms with Gasteiger partial charge < -0.3 is 10.7 Å². The molecule has 2 rings (SSSR count). The lowest BCUT2D eigenvalue weighted by Gasteiger charge is -2.02. The van der Waals surface area contributed by atoms with E-state index in [9.17, 15) is 4.39 Å². The number of rotatable bonds is 3. The normalized spacial score (nSPS) is 11.0. The molecule has 74 valence electrons. The Labute approximate surface area is 81.9 Å². The maximum absolute atomic E-state index is 13.3. The molecule has 0 fully saturated rings. The van der Waals surface area contributed by atoms with Gasteiger partial charge >= 0.3 is 0 Å². The SMILES string of the molecule is NCCCc1ccc(F)c2cc[nH]c12. The van der Waals surface area contributed by atoms with Crippen LogP contribution >= 0.6 is 0 Å². The summed E-state index contributed by atoms with van der Waals surface area (Å²) in [4.78, 5) is 3.06. The minimum Gasteiger partial charge on any atom is -0.361 e. The van der Waals surface area contributed by atoms with E-state index in [1.807, 2.05) is 6.07 Å². The molecule has 0 spiro atoms. The molecule has 1 heterocycles. The minimum atomic E-state index is -0.169. The highest BCUT2D eigenvalue weighted by Crippen LogP contribution is 2.21. The molecule has 0 amide bonds. The van der Waals surface area contributed by atoms with E-state index in [4.69, 9.17) is 5.73 Å². The molecule has 0 unspecified atom stereocenters. The Morgan fingerprint density at radius 2 is 2.14 bits per heavy atom. The third kappa shape index (κ3) is 1.51. The molecule has 0 aliphatic carbocycles. The van der Waals surface area contributed by atoms with Crippen LogP contribution in [-0.2, 0) is 6.42 Å². The standard InChI is InChI=1S/C11H13FN2/c12-10-4-3-8(2-1-6-13)11-9(10)5-7-14-11/h3-5,7,14H,1-2,6,13H2. The predicted octanol–water partition coefficient (Wildman–Crippen LogP) is 2.20. The van der Waals surface area contributed by atoms with Gasteiger partial charge in [0.1, 0.15) is 5.82 Å². The van der Waals surface area contributed by atoms with Crippen LogP contribution in [0, 0.1) is 5.82 Å². The smallest absolute Gasteiger partial charge is 0.132 e. The van der Waals surface area contributed by atoms with E-state index < -0.39 is 0 Å². The second-order valence-electron chi connectivity index (χ2n) is 3.37. The summed E-state index contributed by atoms with van der Waals surface area (Å²) < 4.78 is 13.3. The number of aromatic nitrogens is 1. The largest absolute Gasteiger partial charge is 0.361 e. The molecule has 1 aromatic carbocycles. The Morgan fingerprint density at radius 3 is 2.93 bits per heavy atom. The van der Waals surface area contributed by atoms with E-state index in [2.05, 4.69) is 4.98 Å². The van der Waals surface area contributed by atoms with Gasteiger partial charge in [0.05, 0.1) is 5.52 Å². The Kier molecular flexibility index (Phi) is 2.50. The summed E-state index contributed by atoms with van der Waals surface area (Å²) >= 11 is 0. The average molecular weight is 192 g/mol. The number of aryl methyl sites for hydroxylation is 1. The zero-order valence-electron chi connectivity index (χ0n) is 7.89. The van der Waals surface area contributed by atoms with Crippen molar-refractivity contribution < 1.29 is 4.39 Å². The monoisotopic (exact) mass is 192 g/mol. The van der Waals surface area contributed by atoms with Crippen molar-refractivity contribution in [1.29, 1.82) is 0 Å². The van der Waals surface area contributed by atoms with Crippen LogP contribution in [0.4, 0.5) is 4.39 Å². The molecule has 2 aromatic rings. The van der Waals surface area contributed by atoms with Crippen molar-refractivity contribution >= 4 is 10.9 Å². The Hall–Kier alpha value is -1.35. The van der Waals surface area contributed by atoms with Crippen LogP contribution in [-0.4, -0.2) is 11.5 Å². The molecule has 14 heavy (non-hydrogen) atoms. The number of nitrogens with two attached hydrogens (primary N) is 1. The molecule has 0 aliphatic rings. The molecule has 0 saturated carbocycles. The molecule has 3 N–H and O–H groups in total. The predicted molar refractivity (Wildman–Crippen MR) is 55.6 cm³/mol. The molecule has 2 nitrogen and oxygen atoms in total. The molecule has 0 aliphatic heterocycles. The van der Waals surface area contributed by atoms with Gasteiger partial charge in [0, 0.05) is 11.6 Å². The summed E-state index contributed by atoms with van der Waals surface area (Å²) in [6, 6.07) is 5.10. The van der Waals surface area contributed by atoms with Crippen LogP contribution in [0.2, 0.25) is 0 Å². The Balaban J connectivity index is 2.45. The van der Waals surface area contributed by atoms with Crippen molar-refractivity contribution in [1.82, 2.24) is 4.98 Å². The number of hydrogen-bond acceptors (Lipinski definition) is 1. The van der Waals surface area contributed by atoms with Crippen LogP contribution in [0.3, 0.4) is 0 Å². The summed E-state index contributed by atoms with van der Waals surface area (Å²) in [5.41, 5.74) is 7.48. The fourth-order valence-corrected chi connectivity index (χ4v) is 1.68. The maximum atomic E-state index is 13.3. The van der Waals surface area contributed by atoms with Gasteiger partial charge in [0.2, 0.25) is 0 Å². The molecule has 1 aromatic heterocycles. The van der Waals surface area contributed by atoms with Crippen LogP contribution in [0.1, 0.15) is 12.0 Å². The third-order valence-corrected chi connectivity index (χ3v) is 2.41. The lowest BCUT2D eigenvalue weighted by molar-refractivity contribution is 0.639. The summed E-state index contributed by atoms with van der Waals surface area (Å²) in [5, 5.41) is 0.666. The van der Waals surface area contributed by atoms with E-state index in [1.54, 1.807) is 12.3 Å². The van der Waals surface area contributed by atoms with E-state index in [1.165, 1.54) is 6.07 Å². The van der Waals surface area contributed by atoms with Crippen molar-refractivity contribution in [3.05, 3.63) is 35.8 Å². The van der Waals surface area contributed by atoms with E-state index >= 15 is 0 Å². The van der Waals surface area contributed by atoms with Gasteiger partial charge in [-0.1, -0.05) is 6.07 Å². The summed E-state index contributed by atoms with van der Waals surface area (Å²) in [7, 11) is 0. The highest BCUT2D eigenvalue weighted by atomic mass is 19.1.